The fourth-order valence-corrected chi connectivity index (χ4v) is 2.33. The second-order valence-corrected chi connectivity index (χ2v) is 5.71. The van der Waals surface area contributed by atoms with Crippen molar-refractivity contribution in [3.63, 3.8) is 0 Å². The summed E-state index contributed by atoms with van der Waals surface area (Å²) in [6, 6.07) is 9.92. The zero-order valence-electron chi connectivity index (χ0n) is 11.5. The van der Waals surface area contributed by atoms with Crippen molar-refractivity contribution >= 4 is 57.9 Å². The van der Waals surface area contributed by atoms with Crippen molar-refractivity contribution in [2.45, 2.75) is 6.92 Å². The number of carboxylic acids is 1. The topological polar surface area (TPSA) is 61.4 Å². The van der Waals surface area contributed by atoms with Crippen LogP contribution in [0.25, 0.3) is 0 Å². The summed E-state index contributed by atoms with van der Waals surface area (Å²) in [6.45, 7) is 1.85. The number of aryl methyl sites for hydroxylation is 1. The second-order valence-electron chi connectivity index (χ2n) is 4.52. The van der Waals surface area contributed by atoms with Gasteiger partial charge in [0.1, 0.15) is 0 Å². The maximum absolute atomic E-state index is 11.0. The fourth-order valence-electron chi connectivity index (χ4n) is 1.77. The molecule has 3 N–H and O–H groups in total. The molecule has 2 aromatic rings. The van der Waals surface area contributed by atoms with E-state index in [0.717, 1.165) is 5.56 Å². The Balaban J connectivity index is 2.17. The molecule has 0 bridgehead atoms. The standard InChI is InChI=1S/C15H12Cl2N2O2S/c1-8-5-6-9(14(20)21)7-12(8)19-15(22)18-11-4-2-3-10(16)13(11)17/h2-7H,1H3,(H,20,21)(H2,18,19,22). The third-order valence-electron chi connectivity index (χ3n) is 2.93. The smallest absolute Gasteiger partial charge is 0.335 e. The van der Waals surface area contributed by atoms with E-state index in [0.29, 0.717) is 21.4 Å². The Morgan fingerprint density at radius 3 is 2.50 bits per heavy atom. The molecule has 2 rings (SSSR count). The predicted octanol–water partition coefficient (Wildman–Crippen LogP) is 4.81. The van der Waals surface area contributed by atoms with Gasteiger partial charge in [-0.3, -0.25) is 0 Å². The van der Waals surface area contributed by atoms with E-state index in [9.17, 15) is 4.79 Å². The minimum atomic E-state index is -1.00. The number of nitrogens with one attached hydrogen (secondary N) is 2. The quantitative estimate of drug-likeness (QED) is 0.690. The fraction of sp³-hybridized carbons (Fsp3) is 0.0667. The van der Waals surface area contributed by atoms with Crippen LogP contribution in [0, 0.1) is 6.92 Å². The highest BCUT2D eigenvalue weighted by molar-refractivity contribution is 7.80. The first-order valence-corrected chi connectivity index (χ1v) is 7.41. The van der Waals surface area contributed by atoms with Gasteiger partial charge in [0.15, 0.2) is 5.11 Å². The maximum Gasteiger partial charge on any atom is 0.335 e. The molecule has 0 amide bonds. The van der Waals surface area contributed by atoms with Crippen molar-refractivity contribution in [1.82, 2.24) is 0 Å². The first-order chi connectivity index (χ1) is 10.4. The van der Waals surface area contributed by atoms with Gasteiger partial charge in [-0.15, -0.1) is 0 Å². The third-order valence-corrected chi connectivity index (χ3v) is 3.96. The van der Waals surface area contributed by atoms with Crippen molar-refractivity contribution in [2.24, 2.45) is 0 Å². The van der Waals surface area contributed by atoms with E-state index in [-0.39, 0.29) is 10.7 Å². The van der Waals surface area contributed by atoms with Gasteiger partial charge in [-0.05, 0) is 49.0 Å². The maximum atomic E-state index is 11.0. The van der Waals surface area contributed by atoms with Crippen molar-refractivity contribution in [3.8, 4) is 0 Å². The lowest BCUT2D eigenvalue weighted by Crippen LogP contribution is -2.20. The molecule has 0 heterocycles. The van der Waals surface area contributed by atoms with E-state index in [1.54, 1.807) is 24.3 Å². The highest BCUT2D eigenvalue weighted by Gasteiger charge is 2.09. The molecule has 7 heteroatoms. The minimum absolute atomic E-state index is 0.177. The molecule has 0 aliphatic rings. The summed E-state index contributed by atoms with van der Waals surface area (Å²) < 4.78 is 0. The van der Waals surface area contributed by atoms with Gasteiger partial charge < -0.3 is 15.7 Å². The number of thiocarbonyl (C=S) groups is 1. The number of aromatic carboxylic acids is 1. The highest BCUT2D eigenvalue weighted by atomic mass is 35.5. The van der Waals surface area contributed by atoms with E-state index in [1.807, 2.05) is 6.92 Å². The van der Waals surface area contributed by atoms with Crippen LogP contribution in [0.15, 0.2) is 36.4 Å². The molecule has 0 spiro atoms. The molecular weight excluding hydrogens is 343 g/mol. The summed E-state index contributed by atoms with van der Waals surface area (Å²) in [4.78, 5) is 11.0. The van der Waals surface area contributed by atoms with E-state index < -0.39 is 5.97 Å². The Morgan fingerprint density at radius 1 is 1.14 bits per heavy atom. The Bertz CT molecular complexity index is 750. The summed E-state index contributed by atoms with van der Waals surface area (Å²) in [5.74, 6) is -1.00. The first kappa shape index (κ1) is 16.5. The van der Waals surface area contributed by atoms with Gasteiger partial charge in [-0.1, -0.05) is 35.3 Å². The number of rotatable bonds is 3. The van der Waals surface area contributed by atoms with E-state index in [2.05, 4.69) is 10.6 Å². The van der Waals surface area contributed by atoms with Crippen LogP contribution < -0.4 is 10.6 Å². The zero-order chi connectivity index (χ0) is 16.3. The predicted molar refractivity (Wildman–Crippen MR) is 94.4 cm³/mol. The van der Waals surface area contributed by atoms with Crippen molar-refractivity contribution in [2.75, 3.05) is 10.6 Å². The highest BCUT2D eigenvalue weighted by Crippen LogP contribution is 2.29. The molecule has 0 fully saturated rings. The molecule has 0 radical (unpaired) electrons. The van der Waals surface area contributed by atoms with Crippen LogP contribution in [0.2, 0.25) is 10.0 Å². The number of anilines is 2. The zero-order valence-corrected chi connectivity index (χ0v) is 13.8. The number of hydrogen-bond acceptors (Lipinski definition) is 2. The molecule has 0 atom stereocenters. The minimum Gasteiger partial charge on any atom is -0.478 e. The average molecular weight is 355 g/mol. The summed E-state index contributed by atoms with van der Waals surface area (Å²) in [5.41, 5.74) is 2.22. The second kappa shape index (κ2) is 6.96. The number of carbonyl (C=O) groups is 1. The molecule has 114 valence electrons. The van der Waals surface area contributed by atoms with Crippen LogP contribution >= 0.6 is 35.4 Å². The van der Waals surface area contributed by atoms with Crippen molar-refractivity contribution in [1.29, 1.82) is 0 Å². The molecule has 4 nitrogen and oxygen atoms in total. The summed E-state index contributed by atoms with van der Waals surface area (Å²) >= 11 is 17.2. The molecule has 2 aromatic carbocycles. The van der Waals surface area contributed by atoms with Gasteiger partial charge in [-0.2, -0.15) is 0 Å². The van der Waals surface area contributed by atoms with Gasteiger partial charge >= 0.3 is 5.97 Å². The average Bonchev–Trinajstić information content (AvgIpc) is 2.46. The van der Waals surface area contributed by atoms with Crippen LogP contribution in [0.3, 0.4) is 0 Å². The Labute approximate surface area is 143 Å². The number of hydrogen-bond donors (Lipinski definition) is 3. The van der Waals surface area contributed by atoms with Crippen LogP contribution in [0.1, 0.15) is 15.9 Å². The number of halogens is 2. The number of benzene rings is 2. The molecule has 0 saturated carbocycles. The van der Waals surface area contributed by atoms with Crippen molar-refractivity contribution < 1.29 is 9.90 Å². The molecular formula is C15H12Cl2N2O2S. The Hall–Kier alpha value is -1.82. The first-order valence-electron chi connectivity index (χ1n) is 6.24. The lowest BCUT2D eigenvalue weighted by atomic mass is 10.1. The van der Waals surface area contributed by atoms with E-state index >= 15 is 0 Å². The molecule has 0 aliphatic carbocycles. The third kappa shape index (κ3) is 3.88. The SMILES string of the molecule is Cc1ccc(C(=O)O)cc1NC(=S)Nc1cccc(Cl)c1Cl. The van der Waals surface area contributed by atoms with E-state index in [1.165, 1.54) is 12.1 Å². The largest absolute Gasteiger partial charge is 0.478 e. The normalized spacial score (nSPS) is 10.1. The molecule has 22 heavy (non-hydrogen) atoms. The summed E-state index contributed by atoms with van der Waals surface area (Å²) in [7, 11) is 0. The Kier molecular flexibility index (Phi) is 5.24. The monoisotopic (exact) mass is 354 g/mol. The lowest BCUT2D eigenvalue weighted by Gasteiger charge is -2.14. The van der Waals surface area contributed by atoms with E-state index in [4.69, 9.17) is 40.5 Å². The summed E-state index contributed by atoms with van der Waals surface area (Å²) in [6.07, 6.45) is 0. The Morgan fingerprint density at radius 2 is 1.82 bits per heavy atom. The number of carboxylic acid groups (broad SMARTS) is 1. The van der Waals surface area contributed by atoms with Gasteiger partial charge in [0, 0.05) is 5.69 Å². The molecule has 0 saturated heterocycles. The van der Waals surface area contributed by atoms with Crippen LogP contribution in [-0.2, 0) is 0 Å². The van der Waals surface area contributed by atoms with Gasteiger partial charge in [0.2, 0.25) is 0 Å². The van der Waals surface area contributed by atoms with Crippen molar-refractivity contribution in [3.05, 3.63) is 57.6 Å². The van der Waals surface area contributed by atoms with Gasteiger partial charge in [-0.25, -0.2) is 4.79 Å². The van der Waals surface area contributed by atoms with Crippen LogP contribution in [0.5, 0.6) is 0 Å². The van der Waals surface area contributed by atoms with Gasteiger partial charge in [0.25, 0.3) is 0 Å². The summed E-state index contributed by atoms with van der Waals surface area (Å²) in [5, 5.41) is 16.0. The van der Waals surface area contributed by atoms with Gasteiger partial charge in [0.05, 0.1) is 21.3 Å². The lowest BCUT2D eigenvalue weighted by molar-refractivity contribution is 0.0697. The molecule has 0 aliphatic heterocycles. The van der Waals surface area contributed by atoms with Crippen LogP contribution in [-0.4, -0.2) is 16.2 Å². The van der Waals surface area contributed by atoms with Crippen LogP contribution in [0.4, 0.5) is 11.4 Å². The molecule has 0 aromatic heterocycles. The molecule has 0 unspecified atom stereocenters.